The summed E-state index contributed by atoms with van der Waals surface area (Å²) in [6.45, 7) is 1.91. The minimum atomic E-state index is -0.426. The third-order valence-corrected chi connectivity index (χ3v) is 4.02. The molecule has 0 aromatic carbocycles. The first-order valence-electron chi connectivity index (χ1n) is 6.68. The number of nitrogens with zero attached hydrogens (tertiary/aromatic N) is 2. The Labute approximate surface area is 121 Å². The van der Waals surface area contributed by atoms with Gasteiger partial charge in [-0.15, -0.1) is 0 Å². The van der Waals surface area contributed by atoms with Gasteiger partial charge < -0.3 is 10.1 Å². The van der Waals surface area contributed by atoms with Gasteiger partial charge in [0.15, 0.2) is 5.69 Å². The number of methoxy groups -OCH3 is 1. The van der Waals surface area contributed by atoms with Crippen LogP contribution in [0.25, 0.3) is 5.52 Å². The molecule has 0 amide bonds. The highest BCUT2D eigenvalue weighted by Crippen LogP contribution is 2.29. The lowest BCUT2D eigenvalue weighted by Gasteiger charge is -2.21. The molecule has 5 nitrogen and oxygen atoms in total. The van der Waals surface area contributed by atoms with Crippen molar-refractivity contribution in [2.45, 2.75) is 18.8 Å². The first kappa shape index (κ1) is 13.4. The Hall–Kier alpha value is -1.59. The Bertz CT molecular complexity index is 647. The number of piperidine rings is 1. The lowest BCUT2D eigenvalue weighted by Crippen LogP contribution is -2.27. The van der Waals surface area contributed by atoms with E-state index in [1.54, 1.807) is 0 Å². The van der Waals surface area contributed by atoms with E-state index in [1.165, 1.54) is 7.11 Å². The number of nitrogens with one attached hydrogen (secondary N) is 1. The fourth-order valence-electron chi connectivity index (χ4n) is 2.72. The van der Waals surface area contributed by atoms with Crippen LogP contribution in [-0.4, -0.2) is 35.6 Å². The Morgan fingerprint density at radius 1 is 1.45 bits per heavy atom. The summed E-state index contributed by atoms with van der Waals surface area (Å²) in [7, 11) is 1.36. The molecule has 0 spiro atoms. The van der Waals surface area contributed by atoms with Crippen LogP contribution >= 0.6 is 11.6 Å². The van der Waals surface area contributed by atoms with Crippen molar-refractivity contribution in [3.63, 3.8) is 0 Å². The molecular weight excluding hydrogens is 278 g/mol. The van der Waals surface area contributed by atoms with Gasteiger partial charge in [-0.05, 0) is 38.1 Å². The molecule has 20 heavy (non-hydrogen) atoms. The molecule has 0 unspecified atom stereocenters. The quantitative estimate of drug-likeness (QED) is 0.681. The van der Waals surface area contributed by atoms with Crippen LogP contribution < -0.4 is 5.32 Å². The summed E-state index contributed by atoms with van der Waals surface area (Å²) in [5, 5.41) is 3.89. The van der Waals surface area contributed by atoms with Crippen molar-refractivity contribution >= 4 is 23.1 Å². The standard InChI is InChI=1S/C14H16ClN3O2/c1-20-14(19)12-10-3-2-4-11(15)18(10)13(17-12)9-5-7-16-8-6-9/h2-4,9,16H,5-8H2,1H3. The zero-order valence-electron chi connectivity index (χ0n) is 11.2. The van der Waals surface area contributed by atoms with Crippen molar-refractivity contribution in [3.05, 3.63) is 34.9 Å². The lowest BCUT2D eigenvalue weighted by molar-refractivity contribution is 0.0596. The minimum absolute atomic E-state index is 0.307. The summed E-state index contributed by atoms with van der Waals surface area (Å²) < 4.78 is 6.68. The van der Waals surface area contributed by atoms with Gasteiger partial charge in [0, 0.05) is 5.92 Å². The van der Waals surface area contributed by atoms with E-state index in [-0.39, 0.29) is 0 Å². The molecule has 3 rings (SSSR count). The van der Waals surface area contributed by atoms with Gasteiger partial charge in [0.25, 0.3) is 0 Å². The van der Waals surface area contributed by atoms with Crippen LogP contribution in [0.1, 0.15) is 35.1 Å². The number of imidazole rings is 1. The monoisotopic (exact) mass is 293 g/mol. The van der Waals surface area contributed by atoms with E-state index in [0.717, 1.165) is 31.8 Å². The fraction of sp³-hybridized carbons (Fsp3) is 0.429. The molecule has 2 aromatic heterocycles. The van der Waals surface area contributed by atoms with Crippen molar-refractivity contribution in [2.75, 3.05) is 20.2 Å². The van der Waals surface area contributed by atoms with Gasteiger partial charge in [0.1, 0.15) is 11.0 Å². The van der Waals surface area contributed by atoms with Gasteiger partial charge in [0.05, 0.1) is 12.6 Å². The Balaban J connectivity index is 2.18. The second kappa shape index (κ2) is 5.42. The van der Waals surface area contributed by atoms with Crippen LogP contribution in [0.3, 0.4) is 0 Å². The van der Waals surface area contributed by atoms with Crippen LogP contribution in [-0.2, 0) is 4.74 Å². The van der Waals surface area contributed by atoms with Crippen LogP contribution in [0.2, 0.25) is 5.15 Å². The summed E-state index contributed by atoms with van der Waals surface area (Å²) in [5.41, 5.74) is 1.04. The van der Waals surface area contributed by atoms with Gasteiger partial charge in [0.2, 0.25) is 0 Å². The van der Waals surface area contributed by atoms with Gasteiger partial charge >= 0.3 is 5.97 Å². The second-order valence-corrected chi connectivity index (χ2v) is 5.29. The summed E-state index contributed by atoms with van der Waals surface area (Å²) >= 11 is 6.30. The van der Waals surface area contributed by atoms with Crippen LogP contribution in [0.15, 0.2) is 18.2 Å². The Kier molecular flexibility index (Phi) is 3.63. The first-order valence-corrected chi connectivity index (χ1v) is 7.06. The van der Waals surface area contributed by atoms with Gasteiger partial charge in [-0.3, -0.25) is 4.40 Å². The summed E-state index contributed by atoms with van der Waals surface area (Å²) in [5.74, 6) is 0.736. The zero-order chi connectivity index (χ0) is 14.1. The van der Waals surface area contributed by atoms with E-state index < -0.39 is 5.97 Å². The van der Waals surface area contributed by atoms with Crippen molar-refractivity contribution < 1.29 is 9.53 Å². The number of hydrogen-bond donors (Lipinski definition) is 1. The Morgan fingerprint density at radius 3 is 2.90 bits per heavy atom. The molecular formula is C14H16ClN3O2. The normalized spacial score (nSPS) is 16.5. The van der Waals surface area contributed by atoms with Crippen LogP contribution in [0, 0.1) is 0 Å². The van der Waals surface area contributed by atoms with Crippen molar-refractivity contribution in [1.29, 1.82) is 0 Å². The average Bonchev–Trinajstić information content (AvgIpc) is 2.88. The highest BCUT2D eigenvalue weighted by atomic mass is 35.5. The number of rotatable bonds is 2. The summed E-state index contributed by atoms with van der Waals surface area (Å²) in [4.78, 5) is 16.4. The van der Waals surface area contributed by atoms with E-state index in [0.29, 0.717) is 22.3 Å². The molecule has 1 aliphatic rings. The predicted molar refractivity (Wildman–Crippen MR) is 76.4 cm³/mol. The number of aromatic nitrogens is 2. The van der Waals surface area contributed by atoms with E-state index in [1.807, 2.05) is 22.6 Å². The van der Waals surface area contributed by atoms with E-state index in [9.17, 15) is 4.79 Å². The topological polar surface area (TPSA) is 55.6 Å². The van der Waals surface area contributed by atoms with E-state index in [2.05, 4.69) is 10.3 Å². The van der Waals surface area contributed by atoms with Gasteiger partial charge in [-0.2, -0.15) is 0 Å². The number of halogens is 1. The lowest BCUT2D eigenvalue weighted by atomic mass is 9.97. The molecule has 0 radical (unpaired) electrons. The number of fused-ring (bicyclic) bond motifs is 1. The van der Waals surface area contributed by atoms with Crippen LogP contribution in [0.5, 0.6) is 0 Å². The SMILES string of the molecule is COC(=O)c1nc(C2CCNCC2)n2c(Cl)cccc12. The van der Waals surface area contributed by atoms with Crippen molar-refractivity contribution in [1.82, 2.24) is 14.7 Å². The highest BCUT2D eigenvalue weighted by molar-refractivity contribution is 6.30. The average molecular weight is 294 g/mol. The molecule has 1 N–H and O–H groups in total. The minimum Gasteiger partial charge on any atom is -0.464 e. The largest absolute Gasteiger partial charge is 0.464 e. The number of pyridine rings is 1. The molecule has 0 saturated carbocycles. The number of ether oxygens (including phenoxy) is 1. The second-order valence-electron chi connectivity index (χ2n) is 4.90. The molecule has 106 valence electrons. The zero-order valence-corrected chi connectivity index (χ0v) is 12.0. The smallest absolute Gasteiger partial charge is 0.358 e. The third kappa shape index (κ3) is 2.17. The number of carbonyl (C=O) groups excluding carboxylic acids is 1. The molecule has 2 aromatic rings. The van der Waals surface area contributed by atoms with Gasteiger partial charge in [-0.1, -0.05) is 17.7 Å². The van der Waals surface area contributed by atoms with Crippen molar-refractivity contribution in [2.24, 2.45) is 0 Å². The molecule has 0 atom stereocenters. The maximum Gasteiger partial charge on any atom is 0.358 e. The Morgan fingerprint density at radius 2 is 2.20 bits per heavy atom. The summed E-state index contributed by atoms with van der Waals surface area (Å²) in [6, 6.07) is 5.47. The molecule has 0 aliphatic carbocycles. The molecule has 3 heterocycles. The molecule has 1 aliphatic heterocycles. The maximum absolute atomic E-state index is 11.9. The highest BCUT2D eigenvalue weighted by Gasteiger charge is 2.25. The fourth-order valence-corrected chi connectivity index (χ4v) is 2.97. The maximum atomic E-state index is 11.9. The number of esters is 1. The number of hydrogen-bond acceptors (Lipinski definition) is 4. The number of carbonyl (C=O) groups is 1. The molecule has 0 bridgehead atoms. The van der Waals surface area contributed by atoms with Crippen molar-refractivity contribution in [3.8, 4) is 0 Å². The summed E-state index contributed by atoms with van der Waals surface area (Å²) in [6.07, 6.45) is 1.98. The first-order chi connectivity index (χ1) is 9.72. The molecule has 1 saturated heterocycles. The third-order valence-electron chi connectivity index (χ3n) is 3.72. The van der Waals surface area contributed by atoms with E-state index >= 15 is 0 Å². The van der Waals surface area contributed by atoms with Gasteiger partial charge in [-0.25, -0.2) is 9.78 Å². The van der Waals surface area contributed by atoms with Crippen LogP contribution in [0.4, 0.5) is 0 Å². The van der Waals surface area contributed by atoms with E-state index in [4.69, 9.17) is 16.3 Å². The molecule has 1 fully saturated rings. The molecule has 6 heteroatoms. The predicted octanol–water partition coefficient (Wildman–Crippen LogP) is 2.24.